The lowest BCUT2D eigenvalue weighted by Gasteiger charge is -2.22. The summed E-state index contributed by atoms with van der Waals surface area (Å²) in [5.74, 6) is -0.859. The van der Waals surface area contributed by atoms with Crippen LogP contribution in [0.15, 0.2) is 48.6 Å². The zero-order chi connectivity index (χ0) is 25.0. The van der Waals surface area contributed by atoms with E-state index in [2.05, 4.69) is 5.32 Å². The second-order valence-electron chi connectivity index (χ2n) is 8.62. The number of allylic oxidation sites excluding steroid dienone is 1. The molecule has 0 saturated heterocycles. The minimum atomic E-state index is -1.03. The van der Waals surface area contributed by atoms with Crippen LogP contribution in [0.3, 0.4) is 0 Å². The average molecular weight is 464 g/mol. The van der Waals surface area contributed by atoms with Gasteiger partial charge in [0.15, 0.2) is 5.78 Å². The molecule has 0 bridgehead atoms. The molecule has 8 nitrogen and oxygen atoms in total. The topological polar surface area (TPSA) is 120 Å². The molecule has 3 rings (SSSR count). The van der Waals surface area contributed by atoms with Crippen molar-refractivity contribution in [3.8, 4) is 5.75 Å². The quantitative estimate of drug-likeness (QED) is 0.387. The van der Waals surface area contributed by atoms with Crippen molar-refractivity contribution in [1.82, 2.24) is 10.2 Å². The number of Topliss-reactive ketones (excluding diaryl/α,β-unsaturated/α-hetero) is 1. The van der Waals surface area contributed by atoms with Crippen LogP contribution in [0.5, 0.6) is 5.75 Å². The molecular weight excluding hydrogens is 434 g/mol. The third-order valence-corrected chi connectivity index (χ3v) is 5.82. The number of nitrogens with one attached hydrogen (secondary N) is 2. The van der Waals surface area contributed by atoms with Crippen molar-refractivity contribution in [1.29, 1.82) is 5.41 Å². The standard InChI is InChI=1S/C26H29N3O5/c1-5-34-22-12-17-14-29(24(27)19(17)13-20(22)25(33)28-4)15-21(30)16-7-6-8-18(11-16)26(2,3)10-9-23(31)32/h6-13,27H,5,14-15H2,1-4H3,(H,28,33)(H,31,32)/b10-9+,27-24?. The van der Waals surface area contributed by atoms with Crippen molar-refractivity contribution in [3.63, 3.8) is 0 Å². The van der Waals surface area contributed by atoms with Crippen LogP contribution in [-0.2, 0) is 16.8 Å². The lowest BCUT2D eigenvalue weighted by atomic mass is 9.83. The number of fused-ring (bicyclic) bond motifs is 1. The normalized spacial score (nSPS) is 13.2. The third-order valence-electron chi connectivity index (χ3n) is 5.82. The molecule has 2 aromatic carbocycles. The minimum absolute atomic E-state index is 0.00162. The second-order valence-corrected chi connectivity index (χ2v) is 8.62. The van der Waals surface area contributed by atoms with Gasteiger partial charge in [0.05, 0.1) is 18.7 Å². The van der Waals surface area contributed by atoms with E-state index in [0.717, 1.165) is 17.2 Å². The number of carboxylic acid groups (broad SMARTS) is 1. The number of hydrogen-bond donors (Lipinski definition) is 3. The predicted octanol–water partition coefficient (Wildman–Crippen LogP) is 3.39. The minimum Gasteiger partial charge on any atom is -0.493 e. The first-order valence-corrected chi connectivity index (χ1v) is 11.0. The summed E-state index contributed by atoms with van der Waals surface area (Å²) >= 11 is 0. The van der Waals surface area contributed by atoms with Crippen molar-refractivity contribution in [3.05, 3.63) is 76.4 Å². The molecule has 0 aliphatic carbocycles. The van der Waals surface area contributed by atoms with E-state index in [-0.39, 0.29) is 24.1 Å². The maximum absolute atomic E-state index is 13.1. The van der Waals surface area contributed by atoms with Gasteiger partial charge in [-0.2, -0.15) is 0 Å². The Morgan fingerprint density at radius 2 is 1.97 bits per heavy atom. The number of benzene rings is 2. The Hall–Kier alpha value is -3.94. The van der Waals surface area contributed by atoms with Crippen LogP contribution in [-0.4, -0.2) is 53.7 Å². The smallest absolute Gasteiger partial charge is 0.328 e. The number of hydrogen-bond acceptors (Lipinski definition) is 5. The van der Waals surface area contributed by atoms with Crippen molar-refractivity contribution >= 4 is 23.5 Å². The van der Waals surface area contributed by atoms with E-state index in [9.17, 15) is 14.4 Å². The molecule has 3 N–H and O–H groups in total. The Labute approximate surface area is 198 Å². The van der Waals surface area contributed by atoms with Gasteiger partial charge in [-0.1, -0.05) is 38.1 Å². The van der Waals surface area contributed by atoms with Gasteiger partial charge < -0.3 is 20.1 Å². The molecule has 178 valence electrons. The second kappa shape index (κ2) is 9.91. The highest BCUT2D eigenvalue weighted by Gasteiger charge is 2.29. The van der Waals surface area contributed by atoms with Crippen molar-refractivity contribution in [2.45, 2.75) is 32.7 Å². The molecule has 1 aliphatic rings. The lowest BCUT2D eigenvalue weighted by Crippen LogP contribution is -2.30. The van der Waals surface area contributed by atoms with E-state index >= 15 is 0 Å². The predicted molar refractivity (Wildman–Crippen MR) is 129 cm³/mol. The Morgan fingerprint density at radius 3 is 2.62 bits per heavy atom. The molecule has 0 aromatic heterocycles. The van der Waals surface area contributed by atoms with Gasteiger partial charge in [-0.25, -0.2) is 4.79 Å². The van der Waals surface area contributed by atoms with E-state index in [0.29, 0.717) is 35.6 Å². The van der Waals surface area contributed by atoms with Gasteiger partial charge in [0, 0.05) is 36.2 Å². The number of amidine groups is 1. The molecule has 1 aliphatic heterocycles. The molecule has 1 heterocycles. The van der Waals surface area contributed by atoms with Crippen LogP contribution in [0.1, 0.15) is 58.2 Å². The number of ketones is 1. The summed E-state index contributed by atoms with van der Waals surface area (Å²) in [5, 5.41) is 20.1. The van der Waals surface area contributed by atoms with Crippen LogP contribution in [0.25, 0.3) is 0 Å². The molecule has 0 saturated carbocycles. The number of carbonyl (C=O) groups excluding carboxylic acids is 2. The number of rotatable bonds is 9. The number of aliphatic carboxylic acids is 1. The molecule has 0 atom stereocenters. The Balaban J connectivity index is 1.82. The summed E-state index contributed by atoms with van der Waals surface area (Å²) in [5.41, 5.74) is 2.50. The number of nitrogens with zero attached hydrogens (tertiary/aromatic N) is 1. The number of amides is 1. The van der Waals surface area contributed by atoms with Crippen molar-refractivity contribution in [2.75, 3.05) is 20.2 Å². The van der Waals surface area contributed by atoms with Gasteiger partial charge in [-0.15, -0.1) is 0 Å². The molecule has 0 spiro atoms. The summed E-state index contributed by atoms with van der Waals surface area (Å²) in [7, 11) is 1.54. The maximum Gasteiger partial charge on any atom is 0.328 e. The first-order chi connectivity index (χ1) is 16.1. The van der Waals surface area contributed by atoms with Crippen LogP contribution in [0.4, 0.5) is 0 Å². The summed E-state index contributed by atoms with van der Waals surface area (Å²) in [6.45, 7) is 6.35. The Morgan fingerprint density at radius 1 is 1.24 bits per heavy atom. The SMILES string of the molecule is CCOc1cc2c(cc1C(=O)NC)C(=N)N(CC(=O)c1cccc(C(C)(C)/C=C/C(=O)O)c1)C2. The van der Waals surface area contributed by atoms with Crippen LogP contribution in [0, 0.1) is 5.41 Å². The van der Waals surface area contributed by atoms with E-state index < -0.39 is 11.4 Å². The molecule has 0 radical (unpaired) electrons. The van der Waals surface area contributed by atoms with Gasteiger partial charge in [0.2, 0.25) is 0 Å². The lowest BCUT2D eigenvalue weighted by molar-refractivity contribution is -0.131. The largest absolute Gasteiger partial charge is 0.493 e. The van der Waals surface area contributed by atoms with Crippen molar-refractivity contribution < 1.29 is 24.2 Å². The first-order valence-electron chi connectivity index (χ1n) is 11.0. The number of ether oxygens (including phenoxy) is 1. The summed E-state index contributed by atoms with van der Waals surface area (Å²) in [6, 6.07) is 10.5. The van der Waals surface area contributed by atoms with Gasteiger partial charge in [-0.05, 0) is 36.2 Å². The highest BCUT2D eigenvalue weighted by molar-refractivity contribution is 6.07. The zero-order valence-corrected chi connectivity index (χ0v) is 19.8. The summed E-state index contributed by atoms with van der Waals surface area (Å²) in [4.78, 5) is 38.0. The first kappa shape index (κ1) is 24.7. The molecule has 1 amide bonds. The molecule has 2 aromatic rings. The summed E-state index contributed by atoms with van der Waals surface area (Å²) < 4.78 is 5.63. The third kappa shape index (κ3) is 5.17. The van der Waals surface area contributed by atoms with Crippen LogP contribution < -0.4 is 10.1 Å². The number of carboxylic acids is 1. The molecule has 8 heteroatoms. The molecule has 0 unspecified atom stereocenters. The van der Waals surface area contributed by atoms with Crippen LogP contribution >= 0.6 is 0 Å². The van der Waals surface area contributed by atoms with Crippen LogP contribution in [0.2, 0.25) is 0 Å². The molecular formula is C26H29N3O5. The van der Waals surface area contributed by atoms with Gasteiger partial charge in [0.1, 0.15) is 11.6 Å². The van der Waals surface area contributed by atoms with E-state index in [1.807, 2.05) is 26.8 Å². The maximum atomic E-state index is 13.1. The Bertz CT molecular complexity index is 1180. The van der Waals surface area contributed by atoms with Gasteiger partial charge >= 0.3 is 5.97 Å². The highest BCUT2D eigenvalue weighted by Crippen LogP contribution is 2.31. The molecule has 0 fully saturated rings. The summed E-state index contributed by atoms with van der Waals surface area (Å²) in [6.07, 6.45) is 2.69. The van der Waals surface area contributed by atoms with Crippen molar-refractivity contribution in [2.24, 2.45) is 0 Å². The Kier molecular flexibility index (Phi) is 7.20. The average Bonchev–Trinajstić information content (AvgIpc) is 3.11. The molecule has 34 heavy (non-hydrogen) atoms. The van der Waals surface area contributed by atoms with E-state index in [1.165, 1.54) is 7.05 Å². The highest BCUT2D eigenvalue weighted by atomic mass is 16.5. The monoisotopic (exact) mass is 463 g/mol. The fourth-order valence-corrected chi connectivity index (χ4v) is 3.88. The van der Waals surface area contributed by atoms with E-state index in [4.69, 9.17) is 15.3 Å². The fraction of sp³-hybridized carbons (Fsp3) is 0.308. The zero-order valence-electron chi connectivity index (χ0n) is 19.8. The fourth-order valence-electron chi connectivity index (χ4n) is 3.88. The van der Waals surface area contributed by atoms with Gasteiger partial charge in [0.25, 0.3) is 5.91 Å². The van der Waals surface area contributed by atoms with Gasteiger partial charge in [-0.3, -0.25) is 15.0 Å². The number of carbonyl (C=O) groups is 3. The van der Waals surface area contributed by atoms with E-state index in [1.54, 1.807) is 41.3 Å².